The SMILES string of the molecule is CC1CCCC1(CN1CCC(COc2noc3cccc(OC4CCC(O)CC4)c23)CC1)C(=O)O. The van der Waals surface area contributed by atoms with Gasteiger partial charge in [0.1, 0.15) is 11.1 Å². The van der Waals surface area contributed by atoms with Gasteiger partial charge in [-0.25, -0.2) is 0 Å². The highest BCUT2D eigenvalue weighted by Gasteiger charge is 2.48. The van der Waals surface area contributed by atoms with E-state index in [-0.39, 0.29) is 18.1 Å². The molecule has 35 heavy (non-hydrogen) atoms. The maximum Gasteiger partial charge on any atom is 0.311 e. The molecular formula is C27H38N2O6. The van der Waals surface area contributed by atoms with Gasteiger partial charge in [-0.15, -0.1) is 0 Å². The molecule has 8 nitrogen and oxygen atoms in total. The molecule has 0 spiro atoms. The number of aliphatic hydroxyl groups excluding tert-OH is 1. The van der Waals surface area contributed by atoms with E-state index in [9.17, 15) is 15.0 Å². The molecule has 2 aromatic rings. The van der Waals surface area contributed by atoms with E-state index in [4.69, 9.17) is 14.0 Å². The van der Waals surface area contributed by atoms with Gasteiger partial charge in [-0.3, -0.25) is 4.79 Å². The summed E-state index contributed by atoms with van der Waals surface area (Å²) in [5.41, 5.74) is 0.0586. The highest BCUT2D eigenvalue weighted by Crippen LogP contribution is 2.44. The molecule has 5 rings (SSSR count). The fourth-order valence-corrected chi connectivity index (χ4v) is 6.25. The van der Waals surface area contributed by atoms with E-state index in [0.717, 1.165) is 82.0 Å². The molecule has 2 unspecified atom stereocenters. The fourth-order valence-electron chi connectivity index (χ4n) is 6.25. The van der Waals surface area contributed by atoms with Crippen LogP contribution in [0.25, 0.3) is 11.0 Å². The van der Waals surface area contributed by atoms with Crippen molar-refractivity contribution in [2.45, 2.75) is 76.9 Å². The highest BCUT2D eigenvalue weighted by molar-refractivity contribution is 5.88. The first-order chi connectivity index (χ1) is 16.9. The lowest BCUT2D eigenvalue weighted by molar-refractivity contribution is -0.152. The van der Waals surface area contributed by atoms with Gasteiger partial charge in [0.15, 0.2) is 5.58 Å². The quantitative estimate of drug-likeness (QED) is 0.562. The Kier molecular flexibility index (Phi) is 7.21. The Morgan fingerprint density at radius 2 is 1.94 bits per heavy atom. The van der Waals surface area contributed by atoms with Crippen LogP contribution >= 0.6 is 0 Å². The van der Waals surface area contributed by atoms with E-state index < -0.39 is 11.4 Å². The molecule has 192 valence electrons. The van der Waals surface area contributed by atoms with Crippen LogP contribution in [-0.2, 0) is 4.79 Å². The van der Waals surface area contributed by atoms with Crippen LogP contribution in [0.3, 0.4) is 0 Å². The molecule has 0 radical (unpaired) electrons. The van der Waals surface area contributed by atoms with Crippen LogP contribution in [0.1, 0.15) is 64.7 Å². The summed E-state index contributed by atoms with van der Waals surface area (Å²) in [5, 5.41) is 24.7. The largest absolute Gasteiger partial charge is 0.489 e. The second kappa shape index (κ2) is 10.3. The van der Waals surface area contributed by atoms with Crippen LogP contribution in [0.5, 0.6) is 11.6 Å². The number of carbonyl (C=O) groups is 1. The van der Waals surface area contributed by atoms with E-state index in [2.05, 4.69) is 17.0 Å². The number of carboxylic acid groups (broad SMARTS) is 1. The minimum atomic E-state index is -0.631. The van der Waals surface area contributed by atoms with Crippen LogP contribution in [-0.4, -0.2) is 64.7 Å². The van der Waals surface area contributed by atoms with Crippen LogP contribution < -0.4 is 9.47 Å². The van der Waals surface area contributed by atoms with Gasteiger partial charge in [0.2, 0.25) is 0 Å². The smallest absolute Gasteiger partial charge is 0.311 e. The molecule has 2 saturated carbocycles. The van der Waals surface area contributed by atoms with Crippen molar-refractivity contribution in [2.75, 3.05) is 26.2 Å². The van der Waals surface area contributed by atoms with Crippen molar-refractivity contribution >= 4 is 16.9 Å². The Hall–Kier alpha value is -2.32. The zero-order chi connectivity index (χ0) is 24.4. The Bertz CT molecular complexity index is 1010. The molecule has 2 atom stereocenters. The maximum atomic E-state index is 12.1. The van der Waals surface area contributed by atoms with Crippen LogP contribution in [0.4, 0.5) is 0 Å². The van der Waals surface area contributed by atoms with E-state index in [0.29, 0.717) is 30.5 Å². The Morgan fingerprint density at radius 1 is 1.17 bits per heavy atom. The number of rotatable bonds is 8. The third-order valence-corrected chi connectivity index (χ3v) is 8.66. The van der Waals surface area contributed by atoms with Gasteiger partial charge >= 0.3 is 5.97 Å². The third-order valence-electron chi connectivity index (χ3n) is 8.66. The summed E-state index contributed by atoms with van der Waals surface area (Å²) in [5.74, 6) is 1.19. The van der Waals surface area contributed by atoms with Crippen molar-refractivity contribution in [3.63, 3.8) is 0 Å². The number of aromatic nitrogens is 1. The van der Waals surface area contributed by atoms with Crippen LogP contribution in [0.15, 0.2) is 22.7 Å². The van der Waals surface area contributed by atoms with Crippen LogP contribution in [0, 0.1) is 17.3 Å². The zero-order valence-electron chi connectivity index (χ0n) is 20.7. The van der Waals surface area contributed by atoms with Crippen molar-refractivity contribution in [3.05, 3.63) is 18.2 Å². The first kappa shape index (κ1) is 24.4. The van der Waals surface area contributed by atoms with Crippen molar-refractivity contribution in [3.8, 4) is 11.6 Å². The zero-order valence-corrected chi connectivity index (χ0v) is 20.7. The van der Waals surface area contributed by atoms with Gasteiger partial charge in [-0.05, 0) is 93.6 Å². The summed E-state index contributed by atoms with van der Waals surface area (Å²) in [7, 11) is 0. The number of ether oxygens (including phenoxy) is 2. The monoisotopic (exact) mass is 486 g/mol. The molecular weight excluding hydrogens is 448 g/mol. The molecule has 2 N–H and O–H groups in total. The molecule has 0 bridgehead atoms. The van der Waals surface area contributed by atoms with Gasteiger partial charge in [0, 0.05) is 6.54 Å². The number of aliphatic carboxylic acids is 1. The first-order valence-electron chi connectivity index (χ1n) is 13.3. The number of hydrogen-bond acceptors (Lipinski definition) is 7. The Balaban J connectivity index is 1.17. The minimum Gasteiger partial charge on any atom is -0.489 e. The molecule has 0 amide bonds. The lowest BCUT2D eigenvalue weighted by atomic mass is 9.77. The predicted molar refractivity (Wildman–Crippen MR) is 131 cm³/mol. The standard InChI is InChI=1S/C27H38N2O6/c1-18-4-3-13-27(18,26(31)32)17-29-14-11-19(12-15-29)16-33-25-24-22(5-2-6-23(24)35-28-25)34-21-9-7-20(30)8-10-21/h2,5-6,18-21,30H,3-4,7-17H2,1H3,(H,31,32). The lowest BCUT2D eigenvalue weighted by Gasteiger charge is -2.38. The number of fused-ring (bicyclic) bond motifs is 1. The minimum absolute atomic E-state index is 0.0766. The second-order valence-corrected chi connectivity index (χ2v) is 11.0. The van der Waals surface area contributed by atoms with Gasteiger partial charge in [-0.1, -0.05) is 19.4 Å². The first-order valence-corrected chi connectivity index (χ1v) is 13.3. The van der Waals surface area contributed by atoms with E-state index in [1.807, 2.05) is 18.2 Å². The van der Waals surface area contributed by atoms with Crippen molar-refractivity contribution in [2.24, 2.45) is 17.3 Å². The summed E-state index contributed by atoms with van der Waals surface area (Å²) < 4.78 is 17.9. The van der Waals surface area contributed by atoms with Gasteiger partial charge in [0.05, 0.1) is 24.2 Å². The molecule has 8 heteroatoms. The summed E-state index contributed by atoms with van der Waals surface area (Å²) in [4.78, 5) is 14.4. The Morgan fingerprint density at radius 3 is 2.63 bits per heavy atom. The summed E-state index contributed by atoms with van der Waals surface area (Å²) in [6.45, 7) is 5.11. The normalized spacial score (nSPS) is 30.5. The highest BCUT2D eigenvalue weighted by atomic mass is 16.5. The molecule has 2 heterocycles. The molecule has 3 aliphatic rings. The van der Waals surface area contributed by atoms with Crippen molar-refractivity contribution < 1.29 is 29.0 Å². The predicted octanol–water partition coefficient (Wildman–Crippen LogP) is 4.49. The number of aliphatic hydroxyl groups is 1. The number of benzene rings is 1. The molecule has 3 fully saturated rings. The molecule has 1 aromatic carbocycles. The van der Waals surface area contributed by atoms with E-state index >= 15 is 0 Å². The molecule has 1 aliphatic heterocycles. The second-order valence-electron chi connectivity index (χ2n) is 11.0. The van der Waals surface area contributed by atoms with E-state index in [1.54, 1.807) is 0 Å². The summed E-state index contributed by atoms with van der Waals surface area (Å²) in [6.07, 6.45) is 7.82. The van der Waals surface area contributed by atoms with Crippen molar-refractivity contribution in [1.82, 2.24) is 10.1 Å². The fraction of sp³-hybridized carbons (Fsp3) is 0.704. The molecule has 1 aromatic heterocycles. The average Bonchev–Trinajstić information content (AvgIpc) is 3.45. The summed E-state index contributed by atoms with van der Waals surface area (Å²) >= 11 is 0. The van der Waals surface area contributed by atoms with Crippen LogP contribution in [0.2, 0.25) is 0 Å². The third kappa shape index (κ3) is 5.14. The number of piperidine rings is 1. The summed E-state index contributed by atoms with van der Waals surface area (Å²) in [6, 6.07) is 5.70. The average molecular weight is 487 g/mol. The van der Waals surface area contributed by atoms with Gasteiger partial charge < -0.3 is 29.1 Å². The van der Waals surface area contributed by atoms with E-state index in [1.165, 1.54) is 0 Å². The number of nitrogens with zero attached hydrogens (tertiary/aromatic N) is 2. The van der Waals surface area contributed by atoms with Crippen molar-refractivity contribution in [1.29, 1.82) is 0 Å². The van der Waals surface area contributed by atoms with Gasteiger partial charge in [-0.2, -0.15) is 0 Å². The molecule has 2 aliphatic carbocycles. The lowest BCUT2D eigenvalue weighted by Crippen LogP contribution is -2.47. The van der Waals surface area contributed by atoms with Gasteiger partial charge in [0.25, 0.3) is 5.88 Å². The Labute approximate surface area is 206 Å². The number of hydrogen-bond donors (Lipinski definition) is 2. The molecule has 1 saturated heterocycles. The number of carboxylic acids is 1. The number of likely N-dealkylation sites (tertiary alicyclic amines) is 1. The maximum absolute atomic E-state index is 12.1. The topological polar surface area (TPSA) is 105 Å².